The van der Waals surface area contributed by atoms with Gasteiger partial charge in [0.2, 0.25) is 0 Å². The summed E-state index contributed by atoms with van der Waals surface area (Å²) in [4.78, 5) is 12.1. The molecule has 0 saturated carbocycles. The Kier molecular flexibility index (Phi) is 10.2. The van der Waals surface area contributed by atoms with Crippen LogP contribution in [0.1, 0.15) is 0 Å². The fourth-order valence-electron chi connectivity index (χ4n) is 0.719. The highest BCUT2D eigenvalue weighted by Gasteiger charge is 1.73. The van der Waals surface area contributed by atoms with Gasteiger partial charge in [0.25, 0.3) is 6.47 Å². The van der Waals surface area contributed by atoms with Crippen molar-refractivity contribution >= 4 is 6.47 Å². The van der Waals surface area contributed by atoms with E-state index in [0.29, 0.717) is 0 Å². The van der Waals surface area contributed by atoms with Gasteiger partial charge in [-0.25, -0.2) is 0 Å². The fourth-order valence-corrected chi connectivity index (χ4v) is 0.719. The Bertz CT molecular complexity index is 245. The Morgan fingerprint density at radius 2 is 1.87 bits per heavy atom. The summed E-state index contributed by atoms with van der Waals surface area (Å²) in [6, 6.07) is 5.72. The summed E-state index contributed by atoms with van der Waals surface area (Å²) in [6.45, 7) is 0.733. The zero-order valence-electron chi connectivity index (χ0n) is 8.28. The van der Waals surface area contributed by atoms with Gasteiger partial charge in [-0.3, -0.25) is 9.78 Å². The predicted octanol–water partition coefficient (Wildman–Crippen LogP) is 1.44. The molecule has 2 N–H and O–H groups in total. The first-order chi connectivity index (χ1) is 7.41. The van der Waals surface area contributed by atoms with Gasteiger partial charge in [0.15, 0.2) is 0 Å². The van der Waals surface area contributed by atoms with Crippen molar-refractivity contribution in [1.82, 2.24) is 10.3 Å². The normalized spacial score (nSPS) is 10.9. The molecule has 0 unspecified atom stereocenters. The number of dihydropyridines is 1. The van der Waals surface area contributed by atoms with Crippen molar-refractivity contribution in [3.8, 4) is 0 Å². The van der Waals surface area contributed by atoms with E-state index in [9.17, 15) is 0 Å². The molecule has 0 radical (unpaired) electrons. The third-order valence-corrected chi connectivity index (χ3v) is 1.26. The number of nitrogens with zero attached hydrogens (tertiary/aromatic N) is 1. The highest BCUT2D eigenvalue weighted by Crippen LogP contribution is 1.78. The summed E-state index contributed by atoms with van der Waals surface area (Å²) in [7, 11) is 0. The van der Waals surface area contributed by atoms with Gasteiger partial charge in [-0.2, -0.15) is 0 Å². The van der Waals surface area contributed by atoms with E-state index in [1.165, 1.54) is 0 Å². The van der Waals surface area contributed by atoms with E-state index in [2.05, 4.69) is 16.4 Å². The lowest BCUT2D eigenvalue weighted by molar-refractivity contribution is -0.122. The van der Waals surface area contributed by atoms with Crippen molar-refractivity contribution in [2.24, 2.45) is 0 Å². The quantitative estimate of drug-likeness (QED) is 0.630. The summed E-state index contributed by atoms with van der Waals surface area (Å²) in [6.07, 6.45) is 11.5. The second-order valence-electron chi connectivity index (χ2n) is 2.33. The number of nitrogens with one attached hydrogen (secondary N) is 1. The highest BCUT2D eigenvalue weighted by atomic mass is 16.3. The van der Waals surface area contributed by atoms with Crippen LogP contribution in [0.25, 0.3) is 0 Å². The molecule has 4 nitrogen and oxygen atoms in total. The first-order valence-electron chi connectivity index (χ1n) is 4.39. The van der Waals surface area contributed by atoms with Gasteiger partial charge < -0.3 is 10.4 Å². The number of carboxylic acid groups (broad SMARTS) is 1. The standard InChI is InChI=1S/C5H7N.C5H5N.CH2O2/c2*1-2-4-6-5-3-1;2-1-3/h1-4,6H,5H2;1-5H;1H,(H,2,3). The molecule has 1 aliphatic rings. The smallest absolute Gasteiger partial charge is 0.290 e. The van der Waals surface area contributed by atoms with E-state index < -0.39 is 0 Å². The molecule has 0 saturated heterocycles. The van der Waals surface area contributed by atoms with Gasteiger partial charge >= 0.3 is 0 Å². The van der Waals surface area contributed by atoms with Crippen LogP contribution in [-0.4, -0.2) is 23.1 Å². The van der Waals surface area contributed by atoms with Crippen molar-refractivity contribution < 1.29 is 9.90 Å². The summed E-state index contributed by atoms with van der Waals surface area (Å²) in [5.74, 6) is 0. The number of rotatable bonds is 0. The van der Waals surface area contributed by atoms with Crippen LogP contribution >= 0.6 is 0 Å². The lowest BCUT2D eigenvalue weighted by Gasteiger charge is -1.94. The van der Waals surface area contributed by atoms with Gasteiger partial charge in [0.05, 0.1) is 0 Å². The second-order valence-corrected chi connectivity index (χ2v) is 2.33. The third kappa shape index (κ3) is 11.9. The Morgan fingerprint density at radius 3 is 2.00 bits per heavy atom. The Hall–Kier alpha value is -2.10. The topological polar surface area (TPSA) is 62.2 Å². The average Bonchev–Trinajstić information content (AvgIpc) is 2.35. The summed E-state index contributed by atoms with van der Waals surface area (Å²) >= 11 is 0. The van der Waals surface area contributed by atoms with E-state index in [1.807, 2.05) is 36.6 Å². The highest BCUT2D eigenvalue weighted by molar-refractivity contribution is 5.32. The third-order valence-electron chi connectivity index (χ3n) is 1.26. The van der Waals surface area contributed by atoms with Crippen molar-refractivity contribution in [2.45, 2.75) is 0 Å². The van der Waals surface area contributed by atoms with Crippen LogP contribution in [0, 0.1) is 0 Å². The monoisotopic (exact) mass is 206 g/mol. The number of carbonyl (C=O) groups is 1. The second kappa shape index (κ2) is 11.9. The minimum atomic E-state index is -0.250. The summed E-state index contributed by atoms with van der Waals surface area (Å²) in [5.41, 5.74) is 0. The van der Waals surface area contributed by atoms with Crippen LogP contribution in [0.3, 0.4) is 0 Å². The van der Waals surface area contributed by atoms with Crippen LogP contribution in [0.2, 0.25) is 0 Å². The molecule has 1 aromatic heterocycles. The maximum absolute atomic E-state index is 8.36. The Morgan fingerprint density at radius 1 is 1.20 bits per heavy atom. The van der Waals surface area contributed by atoms with Crippen molar-refractivity contribution in [3.63, 3.8) is 0 Å². The Labute approximate surface area is 89.0 Å². The molecule has 0 atom stereocenters. The minimum Gasteiger partial charge on any atom is -0.483 e. The molecule has 2 heterocycles. The zero-order chi connectivity index (χ0) is 11.2. The van der Waals surface area contributed by atoms with Crippen LogP contribution < -0.4 is 5.32 Å². The number of hydrogen-bond acceptors (Lipinski definition) is 3. The summed E-state index contributed by atoms with van der Waals surface area (Å²) in [5, 5.41) is 9.91. The fraction of sp³-hybridized carbons (Fsp3) is 0.0909. The predicted molar refractivity (Wildman–Crippen MR) is 59.2 cm³/mol. The first-order valence-corrected chi connectivity index (χ1v) is 4.39. The van der Waals surface area contributed by atoms with Crippen LogP contribution in [0.15, 0.2) is 55.0 Å². The van der Waals surface area contributed by atoms with Gasteiger partial charge in [-0.1, -0.05) is 18.2 Å². The van der Waals surface area contributed by atoms with Crippen molar-refractivity contribution in [2.75, 3.05) is 6.54 Å². The molecule has 2 rings (SSSR count). The van der Waals surface area contributed by atoms with Crippen molar-refractivity contribution in [3.05, 3.63) is 55.0 Å². The molecule has 0 bridgehead atoms. The molecule has 0 fully saturated rings. The van der Waals surface area contributed by atoms with Crippen LogP contribution in [0.5, 0.6) is 0 Å². The van der Waals surface area contributed by atoms with Crippen molar-refractivity contribution in [1.29, 1.82) is 0 Å². The minimum absolute atomic E-state index is 0.250. The molecule has 0 aromatic carbocycles. The first kappa shape index (κ1) is 12.9. The molecule has 80 valence electrons. The van der Waals surface area contributed by atoms with Gasteiger partial charge in [-0.05, 0) is 24.4 Å². The van der Waals surface area contributed by atoms with Crippen LogP contribution in [0.4, 0.5) is 0 Å². The number of pyridine rings is 1. The molecular weight excluding hydrogens is 192 g/mol. The number of hydrogen-bond donors (Lipinski definition) is 2. The van der Waals surface area contributed by atoms with E-state index in [4.69, 9.17) is 9.90 Å². The lowest BCUT2D eigenvalue weighted by atomic mass is 10.4. The summed E-state index contributed by atoms with van der Waals surface area (Å²) < 4.78 is 0. The molecule has 0 aliphatic carbocycles. The Balaban J connectivity index is 0.000000210. The molecule has 0 amide bonds. The molecule has 1 aliphatic heterocycles. The van der Waals surface area contributed by atoms with E-state index >= 15 is 0 Å². The SMILES string of the molecule is C1=CCNC=C1.O=CO.c1ccncc1. The van der Waals surface area contributed by atoms with Gasteiger partial charge in [0.1, 0.15) is 0 Å². The molecule has 15 heavy (non-hydrogen) atoms. The van der Waals surface area contributed by atoms with Crippen LogP contribution in [-0.2, 0) is 4.79 Å². The molecular formula is C11H14N2O2. The largest absolute Gasteiger partial charge is 0.483 e. The molecule has 0 spiro atoms. The zero-order valence-corrected chi connectivity index (χ0v) is 8.28. The average molecular weight is 206 g/mol. The van der Waals surface area contributed by atoms with Gasteiger partial charge in [-0.15, -0.1) is 0 Å². The van der Waals surface area contributed by atoms with E-state index in [1.54, 1.807) is 12.4 Å². The van der Waals surface area contributed by atoms with E-state index in [-0.39, 0.29) is 6.47 Å². The molecule has 4 heteroatoms. The molecule has 1 aromatic rings. The number of aromatic nitrogens is 1. The van der Waals surface area contributed by atoms with Gasteiger partial charge in [0, 0.05) is 18.9 Å². The maximum atomic E-state index is 8.36. The van der Waals surface area contributed by atoms with E-state index in [0.717, 1.165) is 6.54 Å². The lowest BCUT2D eigenvalue weighted by Crippen LogP contribution is -2.05. The maximum Gasteiger partial charge on any atom is 0.290 e. The number of allylic oxidation sites excluding steroid dienone is 2.